The standard InChI is InChI=1S/C7H10N2O.C7H8N2O/c2*1-9-4-2-3-6(5-9)7(8)10/h2,4-5H,3H2,1H3,(H2,8,10);2-5H,1H3,(H-,8,10)/p+1. The molecule has 0 atom stereocenters. The molecule has 1 aliphatic rings. The molecule has 0 aromatic carbocycles. The van der Waals surface area contributed by atoms with Crippen molar-refractivity contribution in [1.82, 2.24) is 4.90 Å². The molecule has 1 aliphatic heterocycles. The summed E-state index contributed by atoms with van der Waals surface area (Å²) in [4.78, 5) is 23.0. The van der Waals surface area contributed by atoms with E-state index in [1.165, 1.54) is 0 Å². The van der Waals surface area contributed by atoms with Crippen LogP contribution in [0.3, 0.4) is 0 Å². The van der Waals surface area contributed by atoms with E-state index in [9.17, 15) is 9.59 Å². The molecule has 6 nitrogen and oxygen atoms in total. The van der Waals surface area contributed by atoms with Crippen LogP contribution in [0.25, 0.3) is 0 Å². The fraction of sp³-hybridized carbons (Fsp3) is 0.214. The van der Waals surface area contributed by atoms with Crippen LogP contribution in [0.15, 0.2) is 48.6 Å². The van der Waals surface area contributed by atoms with E-state index in [2.05, 4.69) is 0 Å². The zero-order valence-electron chi connectivity index (χ0n) is 11.6. The minimum absolute atomic E-state index is 0.337. The molecule has 0 aliphatic carbocycles. The smallest absolute Gasteiger partial charge is 0.254 e. The molecule has 1 aromatic rings. The molecule has 0 bridgehead atoms. The minimum atomic E-state index is -0.392. The molecule has 0 saturated heterocycles. The van der Waals surface area contributed by atoms with E-state index >= 15 is 0 Å². The van der Waals surface area contributed by atoms with Gasteiger partial charge in [-0.15, -0.1) is 0 Å². The van der Waals surface area contributed by atoms with Gasteiger partial charge in [0.15, 0.2) is 12.4 Å². The Morgan fingerprint density at radius 3 is 2.40 bits per heavy atom. The monoisotopic (exact) mass is 275 g/mol. The van der Waals surface area contributed by atoms with E-state index in [4.69, 9.17) is 11.5 Å². The number of nitrogens with zero attached hydrogens (tertiary/aromatic N) is 2. The third-order valence-electron chi connectivity index (χ3n) is 2.58. The summed E-state index contributed by atoms with van der Waals surface area (Å²) in [7, 11) is 3.70. The number of pyridine rings is 1. The Hall–Kier alpha value is -2.63. The first-order valence-electron chi connectivity index (χ1n) is 6.04. The van der Waals surface area contributed by atoms with Gasteiger partial charge in [-0.2, -0.15) is 0 Å². The van der Waals surface area contributed by atoms with Gasteiger partial charge in [0.05, 0.1) is 0 Å². The van der Waals surface area contributed by atoms with E-state index in [1.807, 2.05) is 37.5 Å². The third-order valence-corrected chi connectivity index (χ3v) is 2.58. The fourth-order valence-electron chi connectivity index (χ4n) is 1.59. The van der Waals surface area contributed by atoms with Crippen molar-refractivity contribution in [2.24, 2.45) is 18.5 Å². The Morgan fingerprint density at radius 2 is 2.00 bits per heavy atom. The maximum Gasteiger partial charge on any atom is 0.254 e. The molecule has 2 amide bonds. The van der Waals surface area contributed by atoms with E-state index in [0.717, 1.165) is 0 Å². The average Bonchev–Trinajstić information content (AvgIpc) is 2.39. The molecule has 0 unspecified atom stereocenters. The van der Waals surface area contributed by atoms with Crippen molar-refractivity contribution in [3.63, 3.8) is 0 Å². The molecule has 6 heteroatoms. The molecular weight excluding hydrogens is 256 g/mol. The SMILES string of the molecule is CN1C=CCC(C(N)=O)=C1.C[n+]1cccc(C(N)=O)c1. The molecule has 20 heavy (non-hydrogen) atoms. The van der Waals surface area contributed by atoms with Gasteiger partial charge < -0.3 is 16.4 Å². The van der Waals surface area contributed by atoms with Gasteiger partial charge in [-0.3, -0.25) is 9.59 Å². The quantitative estimate of drug-likeness (QED) is 0.733. The lowest BCUT2D eigenvalue weighted by molar-refractivity contribution is -0.671. The lowest BCUT2D eigenvalue weighted by atomic mass is 10.1. The topological polar surface area (TPSA) is 93.3 Å². The summed E-state index contributed by atoms with van der Waals surface area (Å²) in [6, 6.07) is 3.46. The summed E-state index contributed by atoms with van der Waals surface area (Å²) in [5.74, 6) is -0.729. The summed E-state index contributed by atoms with van der Waals surface area (Å²) in [5.41, 5.74) is 11.3. The number of allylic oxidation sites excluding steroid dienone is 1. The molecule has 0 saturated carbocycles. The zero-order valence-corrected chi connectivity index (χ0v) is 11.6. The lowest BCUT2D eigenvalue weighted by Crippen LogP contribution is -2.28. The van der Waals surface area contributed by atoms with Crippen molar-refractivity contribution >= 4 is 11.8 Å². The largest absolute Gasteiger partial charge is 0.366 e. The minimum Gasteiger partial charge on any atom is -0.366 e. The number of aromatic nitrogens is 1. The van der Waals surface area contributed by atoms with Crippen LogP contribution in [0.2, 0.25) is 0 Å². The molecule has 2 rings (SSSR count). The Bertz CT molecular complexity index is 564. The highest BCUT2D eigenvalue weighted by molar-refractivity contribution is 5.92. The zero-order chi connectivity index (χ0) is 15.1. The maximum atomic E-state index is 10.6. The number of nitrogens with two attached hydrogens (primary N) is 2. The number of amides is 2. The number of primary amides is 2. The average molecular weight is 275 g/mol. The van der Waals surface area contributed by atoms with Crippen molar-refractivity contribution in [2.45, 2.75) is 6.42 Å². The molecule has 0 radical (unpaired) electrons. The van der Waals surface area contributed by atoms with Gasteiger partial charge in [0.1, 0.15) is 12.6 Å². The highest BCUT2D eigenvalue weighted by Gasteiger charge is 2.06. The Kier molecular flexibility index (Phi) is 5.46. The first-order valence-corrected chi connectivity index (χ1v) is 6.04. The van der Waals surface area contributed by atoms with Crippen molar-refractivity contribution < 1.29 is 14.2 Å². The Balaban J connectivity index is 0.000000200. The van der Waals surface area contributed by atoms with Crippen molar-refractivity contribution in [1.29, 1.82) is 0 Å². The second-order valence-electron chi connectivity index (χ2n) is 4.40. The summed E-state index contributed by atoms with van der Waals surface area (Å²) in [5, 5.41) is 0. The molecular formula is C14H19N4O2+. The van der Waals surface area contributed by atoms with Crippen molar-refractivity contribution in [2.75, 3.05) is 7.05 Å². The normalized spacial score (nSPS) is 13.1. The van der Waals surface area contributed by atoms with Crippen molar-refractivity contribution in [3.8, 4) is 0 Å². The first kappa shape index (κ1) is 15.4. The molecule has 4 N–H and O–H groups in total. The highest BCUT2D eigenvalue weighted by atomic mass is 16.1. The number of carbonyl (C=O) groups is 2. The molecule has 0 spiro atoms. The second kappa shape index (κ2) is 7.08. The molecule has 1 aromatic heterocycles. The van der Waals surface area contributed by atoms with Crippen LogP contribution in [0.1, 0.15) is 16.8 Å². The van der Waals surface area contributed by atoms with Gasteiger partial charge in [-0.1, -0.05) is 6.08 Å². The van der Waals surface area contributed by atoms with Gasteiger partial charge >= 0.3 is 0 Å². The van der Waals surface area contributed by atoms with Crippen LogP contribution in [-0.2, 0) is 11.8 Å². The van der Waals surface area contributed by atoms with E-state index in [1.54, 1.807) is 29.1 Å². The third kappa shape index (κ3) is 4.93. The predicted octanol–water partition coefficient (Wildman–Crippen LogP) is -0.185. The highest BCUT2D eigenvalue weighted by Crippen LogP contribution is 2.08. The van der Waals surface area contributed by atoms with Crippen LogP contribution in [0.4, 0.5) is 0 Å². The van der Waals surface area contributed by atoms with Gasteiger partial charge in [0.25, 0.3) is 5.91 Å². The summed E-state index contributed by atoms with van der Waals surface area (Å²) in [6.07, 6.45) is 9.71. The van der Waals surface area contributed by atoms with Gasteiger partial charge in [0.2, 0.25) is 5.91 Å². The van der Waals surface area contributed by atoms with E-state index in [0.29, 0.717) is 17.6 Å². The van der Waals surface area contributed by atoms with Crippen LogP contribution < -0.4 is 16.0 Å². The molecule has 106 valence electrons. The number of rotatable bonds is 2. The number of aryl methyl sites for hydroxylation is 1. The van der Waals surface area contributed by atoms with Gasteiger partial charge in [0, 0.05) is 24.9 Å². The summed E-state index contributed by atoms with van der Waals surface area (Å²) < 4.78 is 1.78. The Labute approximate surface area is 118 Å². The number of hydrogen-bond acceptors (Lipinski definition) is 3. The lowest BCUT2D eigenvalue weighted by Gasteiger charge is -2.13. The van der Waals surface area contributed by atoms with Gasteiger partial charge in [-0.05, 0) is 18.7 Å². The summed E-state index contributed by atoms with van der Waals surface area (Å²) in [6.45, 7) is 0. The number of hydrogen-bond donors (Lipinski definition) is 2. The van der Waals surface area contributed by atoms with Gasteiger partial charge in [-0.25, -0.2) is 4.57 Å². The van der Waals surface area contributed by atoms with Crippen LogP contribution >= 0.6 is 0 Å². The maximum absolute atomic E-state index is 10.6. The summed E-state index contributed by atoms with van der Waals surface area (Å²) >= 11 is 0. The van der Waals surface area contributed by atoms with E-state index < -0.39 is 5.91 Å². The van der Waals surface area contributed by atoms with Crippen LogP contribution in [-0.4, -0.2) is 23.8 Å². The molecule has 0 fully saturated rings. The van der Waals surface area contributed by atoms with Crippen LogP contribution in [0.5, 0.6) is 0 Å². The Morgan fingerprint density at radius 1 is 1.30 bits per heavy atom. The molecule has 2 heterocycles. The second-order valence-corrected chi connectivity index (χ2v) is 4.40. The van der Waals surface area contributed by atoms with Crippen LogP contribution in [0, 0.1) is 0 Å². The van der Waals surface area contributed by atoms with E-state index in [-0.39, 0.29) is 5.91 Å². The van der Waals surface area contributed by atoms with Crippen molar-refractivity contribution in [3.05, 3.63) is 54.1 Å². The first-order chi connectivity index (χ1) is 9.40. The predicted molar refractivity (Wildman–Crippen MR) is 74.9 cm³/mol. The fourth-order valence-corrected chi connectivity index (χ4v) is 1.59. The number of carbonyl (C=O) groups excluding carboxylic acids is 2.